The number of carbonyl (C=O) groups is 1. The van der Waals surface area contributed by atoms with E-state index in [0.29, 0.717) is 17.4 Å². The van der Waals surface area contributed by atoms with Gasteiger partial charge in [-0.1, -0.05) is 13.3 Å². The third-order valence-electron chi connectivity index (χ3n) is 3.09. The highest BCUT2D eigenvalue weighted by atomic mass is 16.4. The van der Waals surface area contributed by atoms with Crippen molar-refractivity contribution in [1.29, 1.82) is 0 Å². The molecule has 0 spiro atoms. The third-order valence-corrected chi connectivity index (χ3v) is 3.09. The van der Waals surface area contributed by atoms with Crippen molar-refractivity contribution >= 4 is 11.8 Å². The molecular formula is C14H23N3O2. The predicted octanol–water partition coefficient (Wildman–Crippen LogP) is 2.09. The van der Waals surface area contributed by atoms with Crippen LogP contribution < -0.4 is 5.32 Å². The van der Waals surface area contributed by atoms with Crippen LogP contribution in [-0.4, -0.2) is 47.6 Å². The second kappa shape index (κ2) is 7.09. The van der Waals surface area contributed by atoms with Crippen LogP contribution in [0.1, 0.15) is 36.3 Å². The lowest BCUT2D eigenvalue weighted by molar-refractivity contribution is 0.0696. The number of aryl methyl sites for hydroxylation is 1. The first-order valence-electron chi connectivity index (χ1n) is 6.58. The second-order valence-electron chi connectivity index (χ2n) is 4.98. The molecule has 0 radical (unpaired) electrons. The van der Waals surface area contributed by atoms with Crippen molar-refractivity contribution in [3.63, 3.8) is 0 Å². The summed E-state index contributed by atoms with van der Waals surface area (Å²) >= 11 is 0. The van der Waals surface area contributed by atoms with E-state index in [1.54, 1.807) is 12.1 Å². The first-order valence-corrected chi connectivity index (χ1v) is 6.58. The van der Waals surface area contributed by atoms with Crippen molar-refractivity contribution in [2.75, 3.05) is 26.0 Å². The Morgan fingerprint density at radius 3 is 2.68 bits per heavy atom. The second-order valence-corrected chi connectivity index (χ2v) is 4.98. The highest BCUT2D eigenvalue weighted by molar-refractivity contribution is 5.88. The number of carboxylic acid groups (broad SMARTS) is 1. The molecular weight excluding hydrogens is 242 g/mol. The number of aromatic nitrogens is 1. The Bertz CT molecular complexity index is 433. The maximum atomic E-state index is 11.1. The minimum atomic E-state index is -0.913. The Morgan fingerprint density at radius 2 is 2.16 bits per heavy atom. The fourth-order valence-corrected chi connectivity index (χ4v) is 1.62. The van der Waals surface area contributed by atoms with Crippen molar-refractivity contribution in [2.24, 2.45) is 0 Å². The molecule has 1 atom stereocenters. The number of rotatable bonds is 7. The minimum absolute atomic E-state index is 0.290. The van der Waals surface area contributed by atoms with Gasteiger partial charge in [0.05, 0.1) is 5.56 Å². The molecule has 1 aromatic rings. The summed E-state index contributed by atoms with van der Waals surface area (Å²) in [5.41, 5.74) is 1.11. The van der Waals surface area contributed by atoms with Gasteiger partial charge in [0.2, 0.25) is 0 Å². The van der Waals surface area contributed by atoms with Gasteiger partial charge < -0.3 is 15.3 Å². The molecule has 2 N–H and O–H groups in total. The van der Waals surface area contributed by atoms with Gasteiger partial charge in [0.25, 0.3) is 0 Å². The van der Waals surface area contributed by atoms with Crippen LogP contribution in [0.2, 0.25) is 0 Å². The standard InChI is InChI=1S/C14H23N3O2/c1-5-6-12-7-11(14(18)19)8-13(16-12)15-9-10(2)17(3)4/h7-8,10H,5-6,9H2,1-4H3,(H,15,16)(H,18,19). The molecule has 0 saturated heterocycles. The van der Waals surface area contributed by atoms with Gasteiger partial charge in [-0.25, -0.2) is 9.78 Å². The maximum absolute atomic E-state index is 11.1. The molecule has 1 aromatic heterocycles. The van der Waals surface area contributed by atoms with Crippen molar-refractivity contribution in [3.05, 3.63) is 23.4 Å². The number of nitrogens with one attached hydrogen (secondary N) is 1. The molecule has 0 amide bonds. The van der Waals surface area contributed by atoms with E-state index in [9.17, 15) is 4.79 Å². The number of hydrogen-bond acceptors (Lipinski definition) is 4. The molecule has 0 fully saturated rings. The molecule has 5 heteroatoms. The van der Waals surface area contributed by atoms with Gasteiger partial charge in [0, 0.05) is 18.3 Å². The topological polar surface area (TPSA) is 65.5 Å². The summed E-state index contributed by atoms with van der Waals surface area (Å²) < 4.78 is 0. The zero-order chi connectivity index (χ0) is 14.4. The molecule has 0 aliphatic heterocycles. The van der Waals surface area contributed by atoms with Crippen LogP contribution in [0.3, 0.4) is 0 Å². The fourth-order valence-electron chi connectivity index (χ4n) is 1.62. The van der Waals surface area contributed by atoms with Crippen LogP contribution in [0.4, 0.5) is 5.82 Å². The van der Waals surface area contributed by atoms with Gasteiger partial charge in [-0.05, 0) is 39.6 Å². The maximum Gasteiger partial charge on any atom is 0.335 e. The number of anilines is 1. The van der Waals surface area contributed by atoms with Crippen molar-refractivity contribution in [3.8, 4) is 0 Å². The highest BCUT2D eigenvalue weighted by Crippen LogP contribution is 2.12. The lowest BCUT2D eigenvalue weighted by atomic mass is 10.1. The quantitative estimate of drug-likeness (QED) is 0.790. The zero-order valence-corrected chi connectivity index (χ0v) is 12.1. The number of likely N-dealkylation sites (N-methyl/N-ethyl adjacent to an activating group) is 1. The first-order chi connectivity index (χ1) is 8.93. The van der Waals surface area contributed by atoms with Crippen molar-refractivity contribution < 1.29 is 9.90 Å². The van der Waals surface area contributed by atoms with E-state index in [2.05, 4.69) is 29.0 Å². The van der Waals surface area contributed by atoms with E-state index in [-0.39, 0.29) is 0 Å². The van der Waals surface area contributed by atoms with E-state index >= 15 is 0 Å². The van der Waals surface area contributed by atoms with Crippen molar-refractivity contribution in [2.45, 2.75) is 32.7 Å². The summed E-state index contributed by atoms with van der Waals surface area (Å²) in [6.07, 6.45) is 1.74. The average molecular weight is 265 g/mol. The van der Waals surface area contributed by atoms with E-state index in [1.165, 1.54) is 0 Å². The molecule has 0 saturated carbocycles. The molecule has 1 unspecified atom stereocenters. The number of hydrogen-bond donors (Lipinski definition) is 2. The van der Waals surface area contributed by atoms with Gasteiger partial charge in [0.15, 0.2) is 0 Å². The first kappa shape index (κ1) is 15.4. The zero-order valence-electron chi connectivity index (χ0n) is 12.1. The smallest absolute Gasteiger partial charge is 0.335 e. The van der Waals surface area contributed by atoms with Gasteiger partial charge in [-0.3, -0.25) is 0 Å². The summed E-state index contributed by atoms with van der Waals surface area (Å²) in [4.78, 5) is 17.6. The molecule has 1 rings (SSSR count). The Kier molecular flexibility index (Phi) is 5.76. The van der Waals surface area contributed by atoms with E-state index in [0.717, 1.165) is 25.1 Å². The summed E-state index contributed by atoms with van der Waals surface area (Å²) in [5, 5.41) is 12.3. The number of aromatic carboxylic acids is 1. The monoisotopic (exact) mass is 265 g/mol. The summed E-state index contributed by atoms with van der Waals surface area (Å²) in [6, 6.07) is 3.58. The molecule has 0 bridgehead atoms. The van der Waals surface area contributed by atoms with Crippen LogP contribution >= 0.6 is 0 Å². The van der Waals surface area contributed by atoms with Gasteiger partial charge in [0.1, 0.15) is 5.82 Å². The third kappa shape index (κ3) is 4.87. The average Bonchev–Trinajstić information content (AvgIpc) is 2.35. The summed E-state index contributed by atoms with van der Waals surface area (Å²) in [7, 11) is 4.02. The molecule has 1 heterocycles. The Labute approximate surface area is 114 Å². The van der Waals surface area contributed by atoms with Crippen LogP contribution in [0, 0.1) is 0 Å². The molecule has 0 aliphatic rings. The highest BCUT2D eigenvalue weighted by Gasteiger charge is 2.09. The van der Waals surface area contributed by atoms with Crippen LogP contribution in [-0.2, 0) is 6.42 Å². The van der Waals surface area contributed by atoms with E-state index in [1.807, 2.05) is 14.1 Å². The minimum Gasteiger partial charge on any atom is -0.478 e. The number of nitrogens with zero attached hydrogens (tertiary/aromatic N) is 2. The molecule has 19 heavy (non-hydrogen) atoms. The Hall–Kier alpha value is -1.62. The van der Waals surface area contributed by atoms with Crippen molar-refractivity contribution in [1.82, 2.24) is 9.88 Å². The number of pyridine rings is 1. The lowest BCUT2D eigenvalue weighted by Gasteiger charge is -2.20. The van der Waals surface area contributed by atoms with Gasteiger partial charge in [-0.2, -0.15) is 0 Å². The number of carboxylic acids is 1. The fraction of sp³-hybridized carbons (Fsp3) is 0.571. The summed E-state index contributed by atoms with van der Waals surface area (Å²) in [6.45, 7) is 4.88. The predicted molar refractivity (Wildman–Crippen MR) is 76.8 cm³/mol. The van der Waals surface area contributed by atoms with Crippen LogP contribution in [0.5, 0.6) is 0 Å². The van der Waals surface area contributed by atoms with Gasteiger partial charge >= 0.3 is 5.97 Å². The summed E-state index contributed by atoms with van der Waals surface area (Å²) in [5.74, 6) is -0.277. The molecule has 0 aliphatic carbocycles. The largest absolute Gasteiger partial charge is 0.478 e. The van der Waals surface area contributed by atoms with E-state index < -0.39 is 5.97 Å². The van der Waals surface area contributed by atoms with Crippen LogP contribution in [0.25, 0.3) is 0 Å². The molecule has 0 aromatic carbocycles. The Morgan fingerprint density at radius 1 is 1.47 bits per heavy atom. The van der Waals surface area contributed by atoms with Crippen LogP contribution in [0.15, 0.2) is 12.1 Å². The Balaban J connectivity index is 2.84. The molecule has 5 nitrogen and oxygen atoms in total. The normalized spacial score (nSPS) is 12.5. The SMILES string of the molecule is CCCc1cc(C(=O)O)cc(NCC(C)N(C)C)n1. The lowest BCUT2D eigenvalue weighted by Crippen LogP contribution is -2.31. The van der Waals surface area contributed by atoms with E-state index in [4.69, 9.17) is 5.11 Å². The molecule has 106 valence electrons. The van der Waals surface area contributed by atoms with Gasteiger partial charge in [-0.15, -0.1) is 0 Å².